The molecule has 7 heteroatoms. The van der Waals surface area contributed by atoms with Crippen molar-refractivity contribution in [3.05, 3.63) is 45.4 Å². The standard InChI is InChI=1S/C13H12ClN3O3/c1-3-20-10-6-4-9(5-7-10)11-12(17(18)19)8(2)15-13(14)16-11/h4-7H,3H2,1-2H3. The molecule has 0 atom stereocenters. The fourth-order valence-electron chi connectivity index (χ4n) is 1.83. The van der Waals surface area contributed by atoms with E-state index in [1.807, 2.05) is 6.92 Å². The van der Waals surface area contributed by atoms with Crippen LogP contribution in [0.5, 0.6) is 5.75 Å². The van der Waals surface area contributed by atoms with Gasteiger partial charge in [-0.2, -0.15) is 0 Å². The minimum atomic E-state index is -0.503. The highest BCUT2D eigenvalue weighted by atomic mass is 35.5. The van der Waals surface area contributed by atoms with Gasteiger partial charge in [0.1, 0.15) is 11.4 Å². The van der Waals surface area contributed by atoms with E-state index >= 15 is 0 Å². The number of ether oxygens (including phenoxy) is 1. The van der Waals surface area contributed by atoms with E-state index in [0.717, 1.165) is 0 Å². The van der Waals surface area contributed by atoms with Crippen LogP contribution in [-0.4, -0.2) is 21.5 Å². The second kappa shape index (κ2) is 5.83. The zero-order valence-corrected chi connectivity index (χ0v) is 11.7. The minimum absolute atomic E-state index is 0.0167. The summed E-state index contributed by atoms with van der Waals surface area (Å²) in [6.45, 7) is 3.97. The Hall–Kier alpha value is -2.21. The molecule has 0 aliphatic carbocycles. The van der Waals surface area contributed by atoms with Gasteiger partial charge in [-0.05, 0) is 49.7 Å². The molecular weight excluding hydrogens is 282 g/mol. The fourth-order valence-corrected chi connectivity index (χ4v) is 2.04. The summed E-state index contributed by atoms with van der Waals surface area (Å²) < 4.78 is 5.33. The number of aromatic nitrogens is 2. The molecule has 0 bridgehead atoms. The number of hydrogen-bond donors (Lipinski definition) is 0. The summed E-state index contributed by atoms with van der Waals surface area (Å²) >= 11 is 5.79. The van der Waals surface area contributed by atoms with Crippen LogP contribution in [0.3, 0.4) is 0 Å². The van der Waals surface area contributed by atoms with E-state index in [9.17, 15) is 10.1 Å². The predicted molar refractivity (Wildman–Crippen MR) is 75.0 cm³/mol. The first-order valence-corrected chi connectivity index (χ1v) is 6.32. The average Bonchev–Trinajstić information content (AvgIpc) is 2.38. The van der Waals surface area contributed by atoms with Crippen molar-refractivity contribution in [3.63, 3.8) is 0 Å². The van der Waals surface area contributed by atoms with Crippen molar-refractivity contribution in [1.29, 1.82) is 0 Å². The van der Waals surface area contributed by atoms with Crippen LogP contribution in [0.2, 0.25) is 5.28 Å². The minimum Gasteiger partial charge on any atom is -0.494 e. The molecule has 0 spiro atoms. The topological polar surface area (TPSA) is 78.2 Å². The van der Waals surface area contributed by atoms with Crippen molar-refractivity contribution in [2.75, 3.05) is 6.61 Å². The normalized spacial score (nSPS) is 10.3. The molecule has 0 saturated carbocycles. The monoisotopic (exact) mass is 293 g/mol. The molecule has 0 N–H and O–H groups in total. The lowest BCUT2D eigenvalue weighted by atomic mass is 10.1. The molecule has 1 aromatic heterocycles. The zero-order chi connectivity index (χ0) is 14.7. The zero-order valence-electron chi connectivity index (χ0n) is 11.0. The number of rotatable bonds is 4. The maximum absolute atomic E-state index is 11.2. The third-order valence-electron chi connectivity index (χ3n) is 2.65. The Labute approximate surface area is 120 Å². The van der Waals surface area contributed by atoms with Crippen molar-refractivity contribution < 1.29 is 9.66 Å². The maximum atomic E-state index is 11.2. The van der Waals surface area contributed by atoms with Crippen molar-refractivity contribution in [2.45, 2.75) is 13.8 Å². The van der Waals surface area contributed by atoms with Crippen LogP contribution >= 0.6 is 11.6 Å². The number of nitrogens with zero attached hydrogens (tertiary/aromatic N) is 3. The highest BCUT2D eigenvalue weighted by Gasteiger charge is 2.22. The van der Waals surface area contributed by atoms with Crippen molar-refractivity contribution in [1.82, 2.24) is 9.97 Å². The number of benzene rings is 1. The molecule has 0 aliphatic rings. The van der Waals surface area contributed by atoms with Crippen LogP contribution in [0.25, 0.3) is 11.3 Å². The average molecular weight is 294 g/mol. The summed E-state index contributed by atoms with van der Waals surface area (Å²) in [6, 6.07) is 6.87. The Kier molecular flexibility index (Phi) is 4.14. The first kappa shape index (κ1) is 14.2. The number of hydrogen-bond acceptors (Lipinski definition) is 5. The van der Waals surface area contributed by atoms with E-state index in [1.165, 1.54) is 6.92 Å². The number of halogens is 1. The second-order valence-corrected chi connectivity index (χ2v) is 4.33. The SMILES string of the molecule is CCOc1ccc(-c2nc(Cl)nc(C)c2[N+](=O)[O-])cc1. The highest BCUT2D eigenvalue weighted by Crippen LogP contribution is 2.31. The van der Waals surface area contributed by atoms with Gasteiger partial charge in [-0.15, -0.1) is 0 Å². The Morgan fingerprint density at radius 2 is 1.95 bits per heavy atom. The van der Waals surface area contributed by atoms with Gasteiger partial charge in [0.2, 0.25) is 5.28 Å². The van der Waals surface area contributed by atoms with E-state index in [0.29, 0.717) is 17.9 Å². The Balaban J connectivity index is 2.53. The Bertz CT molecular complexity index is 644. The molecule has 20 heavy (non-hydrogen) atoms. The molecule has 0 saturated heterocycles. The first-order chi connectivity index (χ1) is 9.52. The van der Waals surface area contributed by atoms with E-state index in [-0.39, 0.29) is 22.4 Å². The van der Waals surface area contributed by atoms with E-state index in [2.05, 4.69) is 9.97 Å². The van der Waals surface area contributed by atoms with Crippen LogP contribution in [-0.2, 0) is 0 Å². The van der Waals surface area contributed by atoms with Gasteiger partial charge in [-0.1, -0.05) is 0 Å². The fraction of sp³-hybridized carbons (Fsp3) is 0.231. The summed E-state index contributed by atoms with van der Waals surface area (Å²) in [7, 11) is 0. The van der Waals surface area contributed by atoms with Crippen LogP contribution in [0.4, 0.5) is 5.69 Å². The second-order valence-electron chi connectivity index (χ2n) is 3.99. The smallest absolute Gasteiger partial charge is 0.316 e. The molecular formula is C13H12ClN3O3. The molecule has 0 aliphatic heterocycles. The third-order valence-corrected chi connectivity index (χ3v) is 2.82. The van der Waals surface area contributed by atoms with Gasteiger partial charge < -0.3 is 4.74 Å². The molecule has 0 amide bonds. The van der Waals surface area contributed by atoms with Gasteiger partial charge in [-0.25, -0.2) is 9.97 Å². The van der Waals surface area contributed by atoms with Gasteiger partial charge in [0.25, 0.3) is 0 Å². The van der Waals surface area contributed by atoms with Crippen LogP contribution in [0.1, 0.15) is 12.6 Å². The molecule has 2 rings (SSSR count). The Morgan fingerprint density at radius 1 is 1.30 bits per heavy atom. The van der Waals surface area contributed by atoms with Crippen molar-refractivity contribution in [2.24, 2.45) is 0 Å². The number of nitro groups is 1. The quantitative estimate of drug-likeness (QED) is 0.490. The lowest BCUT2D eigenvalue weighted by Crippen LogP contribution is -2.01. The molecule has 0 fully saturated rings. The number of aryl methyl sites for hydroxylation is 1. The van der Waals surface area contributed by atoms with E-state index < -0.39 is 4.92 Å². The molecule has 0 radical (unpaired) electrons. The first-order valence-electron chi connectivity index (χ1n) is 5.94. The summed E-state index contributed by atoms with van der Waals surface area (Å²) in [5, 5.41) is 11.1. The van der Waals surface area contributed by atoms with Crippen LogP contribution < -0.4 is 4.74 Å². The lowest BCUT2D eigenvalue weighted by Gasteiger charge is -2.07. The molecule has 1 heterocycles. The van der Waals surface area contributed by atoms with Crippen molar-refractivity contribution in [3.8, 4) is 17.0 Å². The summed E-state index contributed by atoms with van der Waals surface area (Å²) in [5.74, 6) is 0.691. The molecule has 0 unspecified atom stereocenters. The summed E-state index contributed by atoms with van der Waals surface area (Å²) in [4.78, 5) is 18.4. The van der Waals surface area contributed by atoms with E-state index in [4.69, 9.17) is 16.3 Å². The lowest BCUT2D eigenvalue weighted by molar-refractivity contribution is -0.385. The van der Waals surface area contributed by atoms with Crippen LogP contribution in [0.15, 0.2) is 24.3 Å². The van der Waals surface area contributed by atoms with Crippen LogP contribution in [0, 0.1) is 17.0 Å². The maximum Gasteiger partial charge on any atom is 0.316 e. The molecule has 1 aromatic carbocycles. The summed E-state index contributed by atoms with van der Waals surface area (Å²) in [5.41, 5.74) is 0.889. The highest BCUT2D eigenvalue weighted by molar-refractivity contribution is 6.28. The van der Waals surface area contributed by atoms with Crippen molar-refractivity contribution >= 4 is 17.3 Å². The largest absolute Gasteiger partial charge is 0.494 e. The third kappa shape index (κ3) is 2.85. The molecule has 2 aromatic rings. The predicted octanol–water partition coefficient (Wildman–Crippen LogP) is 3.41. The van der Waals surface area contributed by atoms with Gasteiger partial charge in [-0.3, -0.25) is 10.1 Å². The Morgan fingerprint density at radius 3 is 2.50 bits per heavy atom. The van der Waals surface area contributed by atoms with Gasteiger partial charge in [0.05, 0.1) is 11.5 Å². The molecule has 104 valence electrons. The molecule has 6 nitrogen and oxygen atoms in total. The van der Waals surface area contributed by atoms with Gasteiger partial charge >= 0.3 is 5.69 Å². The van der Waals surface area contributed by atoms with Gasteiger partial charge in [0, 0.05) is 5.56 Å². The summed E-state index contributed by atoms with van der Waals surface area (Å²) in [6.07, 6.45) is 0. The van der Waals surface area contributed by atoms with E-state index in [1.54, 1.807) is 24.3 Å². The van der Waals surface area contributed by atoms with Gasteiger partial charge in [0.15, 0.2) is 5.69 Å².